The van der Waals surface area contributed by atoms with E-state index in [2.05, 4.69) is 19.2 Å². The summed E-state index contributed by atoms with van der Waals surface area (Å²) in [6, 6.07) is 0.362. The quantitative estimate of drug-likeness (QED) is 0.697. The fourth-order valence-electron chi connectivity index (χ4n) is 3.02. The summed E-state index contributed by atoms with van der Waals surface area (Å²) in [6.07, 6.45) is 5.68. The summed E-state index contributed by atoms with van der Waals surface area (Å²) in [5.74, 6) is 0.373. The van der Waals surface area contributed by atoms with Crippen LogP contribution < -0.4 is 5.32 Å². The normalized spacial score (nSPS) is 14.9. The van der Waals surface area contributed by atoms with Crippen LogP contribution in [0, 0.1) is 0 Å². The zero-order valence-corrected chi connectivity index (χ0v) is 15.8. The molecule has 5 nitrogen and oxygen atoms in total. The zero-order valence-electron chi connectivity index (χ0n) is 15.0. The van der Waals surface area contributed by atoms with Gasteiger partial charge in [-0.05, 0) is 45.2 Å². The van der Waals surface area contributed by atoms with Gasteiger partial charge in [0.15, 0.2) is 0 Å². The van der Waals surface area contributed by atoms with Gasteiger partial charge in [-0.3, -0.25) is 9.59 Å². The molecule has 0 atom stereocenters. The Kier molecular flexibility index (Phi) is 12.1. The van der Waals surface area contributed by atoms with Crippen molar-refractivity contribution < 1.29 is 9.59 Å². The monoisotopic (exact) mass is 347 g/mol. The van der Waals surface area contributed by atoms with Crippen LogP contribution in [0.3, 0.4) is 0 Å². The van der Waals surface area contributed by atoms with E-state index in [1.54, 1.807) is 0 Å². The maximum atomic E-state index is 12.2. The highest BCUT2D eigenvalue weighted by molar-refractivity contribution is 5.85. The van der Waals surface area contributed by atoms with Gasteiger partial charge in [0.1, 0.15) is 0 Å². The fraction of sp³-hybridized carbons (Fsp3) is 0.882. The zero-order chi connectivity index (χ0) is 16.4. The summed E-state index contributed by atoms with van der Waals surface area (Å²) >= 11 is 0. The first-order chi connectivity index (χ1) is 10.6. The van der Waals surface area contributed by atoms with Crippen molar-refractivity contribution >= 4 is 24.2 Å². The average Bonchev–Trinajstić information content (AvgIpc) is 2.54. The van der Waals surface area contributed by atoms with Crippen LogP contribution in [0.5, 0.6) is 0 Å². The van der Waals surface area contributed by atoms with Crippen LogP contribution in [-0.4, -0.2) is 60.9 Å². The van der Waals surface area contributed by atoms with E-state index in [0.29, 0.717) is 25.3 Å². The molecule has 136 valence electrons. The number of amides is 2. The molecule has 2 amide bonds. The lowest BCUT2D eigenvalue weighted by Crippen LogP contribution is -2.44. The Balaban J connectivity index is 0.00000484. The number of piperidine rings is 1. The van der Waals surface area contributed by atoms with E-state index >= 15 is 0 Å². The van der Waals surface area contributed by atoms with Crippen LogP contribution in [0.1, 0.15) is 58.8 Å². The highest BCUT2D eigenvalue weighted by atomic mass is 35.5. The lowest BCUT2D eigenvalue weighted by Gasteiger charge is -2.31. The maximum Gasteiger partial charge on any atom is 0.222 e. The van der Waals surface area contributed by atoms with Gasteiger partial charge in [-0.25, -0.2) is 0 Å². The van der Waals surface area contributed by atoms with Gasteiger partial charge < -0.3 is 15.1 Å². The molecule has 1 heterocycles. The standard InChI is InChI=1S/C17H33N3O2.ClH/c1-4-13-20(14-5-2)17(22)8-6-7-16(21)19(3)15-9-11-18-12-10-15;/h15,18H,4-14H2,1-3H3;1H. The van der Waals surface area contributed by atoms with Gasteiger partial charge in [0.2, 0.25) is 11.8 Å². The average molecular weight is 348 g/mol. The summed E-state index contributed by atoms with van der Waals surface area (Å²) < 4.78 is 0. The van der Waals surface area contributed by atoms with E-state index in [1.807, 2.05) is 16.8 Å². The van der Waals surface area contributed by atoms with Crippen molar-refractivity contribution in [3.8, 4) is 0 Å². The highest BCUT2D eigenvalue weighted by Gasteiger charge is 2.21. The van der Waals surface area contributed by atoms with Crippen molar-refractivity contribution in [2.24, 2.45) is 0 Å². The molecule has 1 aliphatic heterocycles. The van der Waals surface area contributed by atoms with E-state index < -0.39 is 0 Å². The molecule has 0 aromatic rings. The molecule has 1 N–H and O–H groups in total. The molecule has 0 bridgehead atoms. The number of rotatable bonds is 9. The van der Waals surface area contributed by atoms with Gasteiger partial charge >= 0.3 is 0 Å². The van der Waals surface area contributed by atoms with Gasteiger partial charge in [0.05, 0.1) is 0 Å². The maximum absolute atomic E-state index is 12.2. The van der Waals surface area contributed by atoms with E-state index in [-0.39, 0.29) is 24.2 Å². The number of nitrogens with zero attached hydrogens (tertiary/aromatic N) is 2. The van der Waals surface area contributed by atoms with Gasteiger partial charge in [-0.1, -0.05) is 13.8 Å². The Morgan fingerprint density at radius 3 is 2.04 bits per heavy atom. The van der Waals surface area contributed by atoms with E-state index in [9.17, 15) is 9.59 Å². The Morgan fingerprint density at radius 1 is 1.00 bits per heavy atom. The first kappa shape index (κ1) is 22.2. The van der Waals surface area contributed by atoms with Crippen LogP contribution in [0.25, 0.3) is 0 Å². The second kappa shape index (κ2) is 12.6. The van der Waals surface area contributed by atoms with Crippen LogP contribution in [-0.2, 0) is 9.59 Å². The number of nitrogens with one attached hydrogen (secondary N) is 1. The molecule has 0 spiro atoms. The molecule has 23 heavy (non-hydrogen) atoms. The number of hydrogen-bond donors (Lipinski definition) is 1. The number of hydrogen-bond acceptors (Lipinski definition) is 3. The predicted molar refractivity (Wildman–Crippen MR) is 96.9 cm³/mol. The summed E-state index contributed by atoms with van der Waals surface area (Å²) in [4.78, 5) is 28.2. The van der Waals surface area contributed by atoms with Crippen molar-refractivity contribution in [3.05, 3.63) is 0 Å². The number of carbonyl (C=O) groups is 2. The van der Waals surface area contributed by atoms with Gasteiger partial charge in [0.25, 0.3) is 0 Å². The Labute approximate surface area is 147 Å². The Hall–Kier alpha value is -0.810. The van der Waals surface area contributed by atoms with Crippen LogP contribution in [0.2, 0.25) is 0 Å². The van der Waals surface area contributed by atoms with Crippen molar-refractivity contribution in [3.63, 3.8) is 0 Å². The third kappa shape index (κ3) is 8.02. The molecule has 0 unspecified atom stereocenters. The third-order valence-corrected chi connectivity index (χ3v) is 4.37. The SMILES string of the molecule is CCCN(CCC)C(=O)CCCC(=O)N(C)C1CCNCC1.Cl. The lowest BCUT2D eigenvalue weighted by molar-refractivity contribution is -0.133. The predicted octanol–water partition coefficient (Wildman–Crippen LogP) is 2.44. The van der Waals surface area contributed by atoms with E-state index in [0.717, 1.165) is 51.9 Å². The van der Waals surface area contributed by atoms with Gasteiger partial charge in [-0.15, -0.1) is 12.4 Å². The molecule has 1 fully saturated rings. The van der Waals surface area contributed by atoms with Gasteiger partial charge in [-0.2, -0.15) is 0 Å². The van der Waals surface area contributed by atoms with Crippen molar-refractivity contribution in [2.75, 3.05) is 33.2 Å². The molecule has 0 aliphatic carbocycles. The van der Waals surface area contributed by atoms with E-state index in [4.69, 9.17) is 0 Å². The minimum atomic E-state index is 0. The summed E-state index contributed by atoms with van der Waals surface area (Å²) in [6.45, 7) is 7.82. The molecule has 1 rings (SSSR count). The first-order valence-corrected chi connectivity index (χ1v) is 8.84. The summed E-state index contributed by atoms with van der Waals surface area (Å²) in [5.41, 5.74) is 0. The number of halogens is 1. The van der Waals surface area contributed by atoms with Crippen LogP contribution in [0.15, 0.2) is 0 Å². The van der Waals surface area contributed by atoms with Gasteiger partial charge in [0, 0.05) is 39.0 Å². The second-order valence-electron chi connectivity index (χ2n) is 6.22. The van der Waals surface area contributed by atoms with Crippen LogP contribution in [0.4, 0.5) is 0 Å². The molecule has 0 aromatic carbocycles. The lowest BCUT2D eigenvalue weighted by atomic mass is 10.0. The molecule has 6 heteroatoms. The molecule has 1 aliphatic rings. The van der Waals surface area contributed by atoms with Crippen molar-refractivity contribution in [1.82, 2.24) is 15.1 Å². The smallest absolute Gasteiger partial charge is 0.222 e. The van der Waals surface area contributed by atoms with Crippen LogP contribution >= 0.6 is 12.4 Å². The number of carbonyl (C=O) groups excluding carboxylic acids is 2. The summed E-state index contributed by atoms with van der Waals surface area (Å²) in [5, 5.41) is 3.31. The second-order valence-corrected chi connectivity index (χ2v) is 6.22. The minimum Gasteiger partial charge on any atom is -0.343 e. The van der Waals surface area contributed by atoms with E-state index in [1.165, 1.54) is 0 Å². The van der Waals surface area contributed by atoms with Crippen molar-refractivity contribution in [1.29, 1.82) is 0 Å². The molecule has 0 aromatic heterocycles. The minimum absolute atomic E-state index is 0. The Morgan fingerprint density at radius 2 is 1.52 bits per heavy atom. The topological polar surface area (TPSA) is 52.7 Å². The molecule has 0 saturated carbocycles. The molecular weight excluding hydrogens is 314 g/mol. The van der Waals surface area contributed by atoms with Crippen molar-refractivity contribution in [2.45, 2.75) is 64.8 Å². The summed E-state index contributed by atoms with van der Waals surface area (Å²) in [7, 11) is 1.90. The molecular formula is C17H34ClN3O2. The highest BCUT2D eigenvalue weighted by Crippen LogP contribution is 2.12. The first-order valence-electron chi connectivity index (χ1n) is 8.84. The molecule has 1 saturated heterocycles. The Bertz CT molecular complexity index is 341. The third-order valence-electron chi connectivity index (χ3n) is 4.37. The molecule has 0 radical (unpaired) electrons. The largest absolute Gasteiger partial charge is 0.343 e. The fourth-order valence-corrected chi connectivity index (χ4v) is 3.02.